The maximum atomic E-state index is 12.8. The molecule has 2 amide bonds. The van der Waals surface area contributed by atoms with Crippen LogP contribution in [-0.2, 0) is 22.7 Å². The third-order valence-electron chi connectivity index (χ3n) is 5.04. The van der Waals surface area contributed by atoms with Gasteiger partial charge < -0.3 is 19.1 Å². The number of aromatic nitrogens is 2. The van der Waals surface area contributed by atoms with Crippen molar-refractivity contribution in [2.75, 3.05) is 13.7 Å². The number of rotatable bonds is 6. The molecule has 2 fully saturated rings. The summed E-state index contributed by atoms with van der Waals surface area (Å²) in [5.41, 5.74) is 0.949. The van der Waals surface area contributed by atoms with E-state index >= 15 is 0 Å². The highest BCUT2D eigenvalue weighted by molar-refractivity contribution is 5.94. The lowest BCUT2D eigenvalue weighted by Crippen LogP contribution is -2.58. The molecule has 1 saturated heterocycles. The van der Waals surface area contributed by atoms with E-state index in [1.165, 1.54) is 4.90 Å². The Morgan fingerprint density at radius 2 is 1.93 bits per heavy atom. The monoisotopic (exact) mass is 370 g/mol. The number of amides is 2. The van der Waals surface area contributed by atoms with Crippen LogP contribution in [0.4, 0.5) is 0 Å². The first-order valence-electron chi connectivity index (χ1n) is 9.09. The third-order valence-corrected chi connectivity index (χ3v) is 5.04. The van der Waals surface area contributed by atoms with Crippen LogP contribution in [-0.4, -0.2) is 51.5 Å². The Balaban J connectivity index is 1.42. The summed E-state index contributed by atoms with van der Waals surface area (Å²) in [5.74, 6) is 2.00. The summed E-state index contributed by atoms with van der Waals surface area (Å²) in [7, 11) is 1.61. The van der Waals surface area contributed by atoms with Gasteiger partial charge in [0, 0.05) is 12.5 Å². The highest BCUT2D eigenvalue weighted by atomic mass is 16.5. The standard InChI is InChI=1S/C19H22N4O4/c1-12-19(25)22(9-13-3-7-15(26-2)8-4-13)11-17(24)23(12)10-16-20-18(27-21-16)14-5-6-14/h3-4,7-8,12,14H,5-6,9-11H2,1-2H3/t12-/m0/s1. The van der Waals surface area contributed by atoms with Gasteiger partial charge in [-0.25, -0.2) is 0 Å². The molecule has 1 saturated carbocycles. The van der Waals surface area contributed by atoms with Crippen molar-refractivity contribution in [1.82, 2.24) is 19.9 Å². The van der Waals surface area contributed by atoms with E-state index in [9.17, 15) is 9.59 Å². The first-order chi connectivity index (χ1) is 13.0. The van der Waals surface area contributed by atoms with Gasteiger partial charge in [-0.1, -0.05) is 17.3 Å². The first-order valence-corrected chi connectivity index (χ1v) is 9.09. The van der Waals surface area contributed by atoms with Gasteiger partial charge in [-0.2, -0.15) is 4.98 Å². The SMILES string of the molecule is COc1ccc(CN2CC(=O)N(Cc3noc(C4CC4)n3)[C@@H](C)C2=O)cc1. The summed E-state index contributed by atoms with van der Waals surface area (Å²) >= 11 is 0. The van der Waals surface area contributed by atoms with Crippen molar-refractivity contribution in [1.29, 1.82) is 0 Å². The van der Waals surface area contributed by atoms with E-state index in [1.54, 1.807) is 18.9 Å². The van der Waals surface area contributed by atoms with Crippen LogP contribution in [0.5, 0.6) is 5.75 Å². The van der Waals surface area contributed by atoms with E-state index in [0.29, 0.717) is 24.2 Å². The number of carbonyl (C=O) groups is 2. The van der Waals surface area contributed by atoms with Crippen molar-refractivity contribution in [2.24, 2.45) is 0 Å². The zero-order valence-electron chi connectivity index (χ0n) is 15.4. The molecule has 8 heteroatoms. The minimum atomic E-state index is -0.563. The Morgan fingerprint density at radius 1 is 1.19 bits per heavy atom. The van der Waals surface area contributed by atoms with Gasteiger partial charge in [0.05, 0.1) is 13.7 Å². The Kier molecular flexibility index (Phi) is 4.55. The summed E-state index contributed by atoms with van der Waals surface area (Å²) in [4.78, 5) is 32.9. The van der Waals surface area contributed by atoms with Crippen LogP contribution in [0.15, 0.2) is 28.8 Å². The molecule has 1 aromatic carbocycles. The van der Waals surface area contributed by atoms with Gasteiger partial charge >= 0.3 is 0 Å². The van der Waals surface area contributed by atoms with Gasteiger partial charge in [0.1, 0.15) is 18.3 Å². The van der Waals surface area contributed by atoms with E-state index in [2.05, 4.69) is 10.1 Å². The Morgan fingerprint density at radius 3 is 2.59 bits per heavy atom. The first kappa shape index (κ1) is 17.5. The number of nitrogens with zero attached hydrogens (tertiary/aromatic N) is 4. The molecular weight excluding hydrogens is 348 g/mol. The lowest BCUT2D eigenvalue weighted by atomic mass is 10.1. The molecule has 142 valence electrons. The lowest BCUT2D eigenvalue weighted by Gasteiger charge is -2.38. The number of hydrogen-bond acceptors (Lipinski definition) is 6. The normalized spacial score (nSPS) is 20.3. The predicted molar refractivity (Wildman–Crippen MR) is 94.7 cm³/mol. The van der Waals surface area contributed by atoms with Crippen molar-refractivity contribution in [3.05, 3.63) is 41.5 Å². The van der Waals surface area contributed by atoms with E-state index in [4.69, 9.17) is 9.26 Å². The van der Waals surface area contributed by atoms with Crippen molar-refractivity contribution in [3.63, 3.8) is 0 Å². The van der Waals surface area contributed by atoms with Crippen LogP contribution in [0.2, 0.25) is 0 Å². The minimum absolute atomic E-state index is 0.0442. The molecule has 2 aliphatic rings. The van der Waals surface area contributed by atoms with Crippen LogP contribution in [0.1, 0.15) is 43.0 Å². The molecule has 0 spiro atoms. The fourth-order valence-electron chi connectivity index (χ4n) is 3.24. The van der Waals surface area contributed by atoms with E-state index in [-0.39, 0.29) is 24.9 Å². The maximum absolute atomic E-state index is 12.8. The molecule has 0 bridgehead atoms. The molecule has 1 aliphatic heterocycles. The Labute approximate surface area is 157 Å². The van der Waals surface area contributed by atoms with Gasteiger partial charge in [0.15, 0.2) is 5.82 Å². The fraction of sp³-hybridized carbons (Fsp3) is 0.474. The zero-order chi connectivity index (χ0) is 19.0. The van der Waals surface area contributed by atoms with E-state index in [0.717, 1.165) is 24.2 Å². The molecule has 4 rings (SSSR count). The highest BCUT2D eigenvalue weighted by Crippen LogP contribution is 2.38. The third kappa shape index (κ3) is 3.65. The van der Waals surface area contributed by atoms with Gasteiger partial charge in [-0.15, -0.1) is 0 Å². The largest absolute Gasteiger partial charge is 0.497 e. The summed E-state index contributed by atoms with van der Waals surface area (Å²) in [6.45, 7) is 2.37. The lowest BCUT2D eigenvalue weighted by molar-refractivity contribution is -0.156. The minimum Gasteiger partial charge on any atom is -0.497 e. The summed E-state index contributed by atoms with van der Waals surface area (Å²) in [6, 6.07) is 6.91. The quantitative estimate of drug-likeness (QED) is 0.769. The molecule has 1 atom stereocenters. The summed E-state index contributed by atoms with van der Waals surface area (Å²) in [5, 5.41) is 3.95. The van der Waals surface area contributed by atoms with Crippen LogP contribution >= 0.6 is 0 Å². The molecule has 2 heterocycles. The van der Waals surface area contributed by atoms with Gasteiger partial charge in [-0.3, -0.25) is 9.59 Å². The average Bonchev–Trinajstić information content (AvgIpc) is 3.42. The van der Waals surface area contributed by atoms with E-state index < -0.39 is 6.04 Å². The smallest absolute Gasteiger partial charge is 0.245 e. The molecular formula is C19H22N4O4. The van der Waals surface area contributed by atoms with Gasteiger partial charge in [0.25, 0.3) is 0 Å². The molecule has 8 nitrogen and oxygen atoms in total. The number of methoxy groups -OCH3 is 1. The number of carbonyl (C=O) groups excluding carboxylic acids is 2. The van der Waals surface area contributed by atoms with E-state index in [1.807, 2.05) is 24.3 Å². The van der Waals surface area contributed by atoms with Crippen molar-refractivity contribution >= 4 is 11.8 Å². The topological polar surface area (TPSA) is 88.8 Å². The second-order valence-corrected chi connectivity index (χ2v) is 7.06. The molecule has 0 radical (unpaired) electrons. The fourth-order valence-corrected chi connectivity index (χ4v) is 3.24. The van der Waals surface area contributed by atoms with Gasteiger partial charge in [0.2, 0.25) is 17.7 Å². The number of benzene rings is 1. The van der Waals surface area contributed by atoms with Crippen molar-refractivity contribution in [2.45, 2.75) is 44.8 Å². The van der Waals surface area contributed by atoms with Crippen LogP contribution in [0.3, 0.4) is 0 Å². The average molecular weight is 370 g/mol. The molecule has 2 aromatic rings. The molecule has 27 heavy (non-hydrogen) atoms. The summed E-state index contributed by atoms with van der Waals surface area (Å²) < 4.78 is 10.4. The van der Waals surface area contributed by atoms with Crippen LogP contribution in [0, 0.1) is 0 Å². The van der Waals surface area contributed by atoms with Gasteiger partial charge in [-0.05, 0) is 37.5 Å². The molecule has 0 unspecified atom stereocenters. The zero-order valence-corrected chi connectivity index (χ0v) is 15.4. The van der Waals surface area contributed by atoms with Crippen LogP contribution < -0.4 is 4.74 Å². The summed E-state index contributed by atoms with van der Waals surface area (Å²) in [6.07, 6.45) is 2.14. The predicted octanol–water partition coefficient (Wildman–Crippen LogP) is 1.72. The number of ether oxygens (including phenoxy) is 1. The second-order valence-electron chi connectivity index (χ2n) is 7.06. The molecule has 1 aliphatic carbocycles. The number of hydrogen-bond donors (Lipinski definition) is 0. The van der Waals surface area contributed by atoms with Crippen LogP contribution in [0.25, 0.3) is 0 Å². The molecule has 1 aromatic heterocycles. The Hall–Kier alpha value is -2.90. The van der Waals surface area contributed by atoms with Crippen molar-refractivity contribution in [3.8, 4) is 5.75 Å². The Bertz CT molecular complexity index is 844. The van der Waals surface area contributed by atoms with Crippen molar-refractivity contribution < 1.29 is 18.8 Å². The molecule has 0 N–H and O–H groups in total. The highest BCUT2D eigenvalue weighted by Gasteiger charge is 2.37. The maximum Gasteiger partial charge on any atom is 0.245 e. The number of piperazine rings is 1. The second kappa shape index (κ2) is 7.02.